The fourth-order valence-electron chi connectivity index (χ4n) is 9.67. The number of allylic oxidation sites excluding steroid dienone is 4. The summed E-state index contributed by atoms with van der Waals surface area (Å²) >= 11 is 0. The number of guanidine groups is 1. The molecule has 4 N–H and O–H groups in total. The Labute approximate surface area is 373 Å². The lowest BCUT2D eigenvalue weighted by Gasteiger charge is -2.38. The predicted molar refractivity (Wildman–Crippen MR) is 258 cm³/mol. The van der Waals surface area contributed by atoms with E-state index in [9.17, 15) is 0 Å². The molecule has 0 spiro atoms. The van der Waals surface area contributed by atoms with Gasteiger partial charge in [-0.3, -0.25) is 9.88 Å². The normalized spacial score (nSPS) is 22.2. The summed E-state index contributed by atoms with van der Waals surface area (Å²) in [5.41, 5.74) is 10.7. The highest BCUT2D eigenvalue weighted by atomic mass is 19.1. The molecule has 10 nitrogen and oxygen atoms in total. The van der Waals surface area contributed by atoms with E-state index in [1.54, 1.807) is 13.1 Å². The number of rotatable bonds is 13. The number of aliphatic imine (C=N–C) groups is 1. The molecular formula is C51H66F2N10. The molecule has 5 heterocycles. The number of aryl methyl sites for hydroxylation is 1. The van der Waals surface area contributed by atoms with Crippen LogP contribution in [0.5, 0.6) is 0 Å². The molecule has 4 aliphatic rings. The van der Waals surface area contributed by atoms with Crippen LogP contribution >= 0.6 is 0 Å². The number of hydrogen-bond donors (Lipinski definition) is 4. The second-order valence-electron chi connectivity index (χ2n) is 17.7. The smallest absolute Gasteiger partial charge is 0.208 e. The summed E-state index contributed by atoms with van der Waals surface area (Å²) in [5, 5.41) is 18.2. The lowest BCUT2D eigenvalue weighted by atomic mass is 9.90. The quantitative estimate of drug-likeness (QED) is 0.0998. The van der Waals surface area contributed by atoms with Gasteiger partial charge >= 0.3 is 0 Å². The Morgan fingerprint density at radius 2 is 1.76 bits per heavy atom. The molecule has 1 unspecified atom stereocenters. The van der Waals surface area contributed by atoms with E-state index in [0.29, 0.717) is 42.4 Å². The largest absolute Gasteiger partial charge is 0.391 e. The maximum absolute atomic E-state index is 15.6. The number of benzene rings is 2. The molecule has 2 fully saturated rings. The number of hydrogen-bond acceptors (Lipinski definition) is 10. The Balaban J connectivity index is 0.995. The van der Waals surface area contributed by atoms with Crippen LogP contribution in [-0.4, -0.2) is 86.9 Å². The van der Waals surface area contributed by atoms with Gasteiger partial charge in [0, 0.05) is 130 Å². The Morgan fingerprint density at radius 3 is 2.46 bits per heavy atom. The van der Waals surface area contributed by atoms with Gasteiger partial charge in [-0.05, 0) is 93.3 Å². The standard InChI is InChI=1S/C51H66F2N10/c1-9-10-14-42(36(5)55-7)50-44(52)27-41(28-45(50)53)62-19-18-39(32-62)37(6)61-22-20-60(21-23-61)31-38-16-17-47-49(25-38)63-30-33(2)13-11-12-15-46(56-8)43(29-54)48-26-40(24-34(3)57-48)35(4)58-51(63)59-47/h9,16-17,24-29,33,39,42,54-56H,1,4-6,10-15,18-23,30-32H2,2-3,7-8H3,(H,58,59)/b46-43+,54-29?/t33-,39?,42+/m1/s1. The third-order valence-corrected chi connectivity index (χ3v) is 13.3. The predicted octanol–water partition coefficient (Wildman–Crippen LogP) is 9.66. The number of piperazine rings is 1. The van der Waals surface area contributed by atoms with Crippen LogP contribution in [0.15, 0.2) is 96.9 Å². The fourth-order valence-corrected chi connectivity index (χ4v) is 9.67. The number of fused-ring (bicyclic) bond motifs is 5. The van der Waals surface area contributed by atoms with Crippen molar-refractivity contribution in [1.82, 2.24) is 25.4 Å². The molecule has 0 radical (unpaired) electrons. The maximum Gasteiger partial charge on any atom is 0.208 e. The van der Waals surface area contributed by atoms with Gasteiger partial charge in [0.25, 0.3) is 0 Å². The van der Waals surface area contributed by atoms with Gasteiger partial charge in [-0.15, -0.1) is 6.58 Å². The van der Waals surface area contributed by atoms with E-state index >= 15 is 8.78 Å². The average molecular weight is 857 g/mol. The summed E-state index contributed by atoms with van der Waals surface area (Å²) in [7, 11) is 3.66. The van der Waals surface area contributed by atoms with Gasteiger partial charge in [0.15, 0.2) is 0 Å². The first-order valence-corrected chi connectivity index (χ1v) is 22.6. The van der Waals surface area contributed by atoms with Crippen LogP contribution in [0.3, 0.4) is 0 Å². The average Bonchev–Trinajstić information content (AvgIpc) is 3.90. The summed E-state index contributed by atoms with van der Waals surface area (Å²) in [6, 6.07) is 13.7. The molecule has 4 aliphatic heterocycles. The van der Waals surface area contributed by atoms with Crippen molar-refractivity contribution in [1.29, 1.82) is 5.41 Å². The zero-order chi connectivity index (χ0) is 44.8. The van der Waals surface area contributed by atoms with Crippen LogP contribution in [0.25, 0.3) is 11.3 Å². The summed E-state index contributed by atoms with van der Waals surface area (Å²) in [6.07, 6.45) is 9.26. The van der Waals surface area contributed by atoms with Crippen molar-refractivity contribution in [3.8, 4) is 0 Å². The van der Waals surface area contributed by atoms with Gasteiger partial charge in [-0.1, -0.05) is 45.2 Å². The number of anilines is 3. The van der Waals surface area contributed by atoms with Crippen LogP contribution in [0.4, 0.5) is 25.8 Å². The van der Waals surface area contributed by atoms with Crippen molar-refractivity contribution in [2.75, 3.05) is 75.0 Å². The van der Waals surface area contributed by atoms with Gasteiger partial charge in [0.2, 0.25) is 5.96 Å². The number of nitrogens with zero attached hydrogens (tertiary/aromatic N) is 6. The first-order chi connectivity index (χ1) is 30.4. The number of aromatic nitrogens is 1. The van der Waals surface area contributed by atoms with Crippen molar-refractivity contribution >= 4 is 40.5 Å². The first kappa shape index (κ1) is 45.3. The lowest BCUT2D eigenvalue weighted by molar-refractivity contribution is 0.144. The van der Waals surface area contributed by atoms with E-state index < -0.39 is 17.6 Å². The summed E-state index contributed by atoms with van der Waals surface area (Å²) in [6.45, 7) is 27.7. The van der Waals surface area contributed by atoms with E-state index in [-0.39, 0.29) is 11.5 Å². The molecule has 1 aromatic heterocycles. The monoisotopic (exact) mass is 857 g/mol. The summed E-state index contributed by atoms with van der Waals surface area (Å²) < 4.78 is 31.3. The second kappa shape index (κ2) is 20.2. The molecule has 2 aromatic carbocycles. The van der Waals surface area contributed by atoms with Gasteiger partial charge in [0.1, 0.15) is 11.6 Å². The topological polar surface area (TPSA) is 98.2 Å². The fraction of sp³-hybridized carbons (Fsp3) is 0.431. The van der Waals surface area contributed by atoms with Crippen molar-refractivity contribution < 1.29 is 8.78 Å². The minimum atomic E-state index is -0.536. The molecule has 12 heteroatoms. The molecular weight excluding hydrogens is 791 g/mol. The Bertz CT molecular complexity index is 2270. The molecule has 2 bridgehead atoms. The molecule has 0 amide bonds. The highest BCUT2D eigenvalue weighted by Gasteiger charge is 2.32. The highest BCUT2D eigenvalue weighted by molar-refractivity contribution is 6.16. The molecule has 0 saturated carbocycles. The third kappa shape index (κ3) is 10.2. The minimum absolute atomic E-state index is 0.0644. The van der Waals surface area contributed by atoms with Gasteiger partial charge in [-0.2, -0.15) is 0 Å². The third-order valence-electron chi connectivity index (χ3n) is 13.3. The zero-order valence-electron chi connectivity index (χ0n) is 37.8. The SMILES string of the molecule is C=CCC[C@@H](C(=C)NC)c1c(F)cc(N2CCC(C(=C)N3CCN(Cc4ccc5c(c4)N4C[C@H](C)CCCC/C(NC)=C(/C=N)c6cc(cc(C)n6)C(=C)/N=C/4N5)CC3)C2)cc1F. The Morgan fingerprint density at radius 1 is 1.00 bits per heavy atom. The van der Waals surface area contributed by atoms with Gasteiger partial charge in [-0.25, -0.2) is 13.8 Å². The lowest BCUT2D eigenvalue weighted by Crippen LogP contribution is -2.46. The Kier molecular flexibility index (Phi) is 14.5. The van der Waals surface area contributed by atoms with E-state index in [2.05, 4.69) is 87.0 Å². The molecule has 2 saturated heterocycles. The molecule has 0 aliphatic carbocycles. The van der Waals surface area contributed by atoms with Crippen LogP contribution in [0, 0.1) is 35.8 Å². The second-order valence-corrected chi connectivity index (χ2v) is 17.7. The van der Waals surface area contributed by atoms with Crippen molar-refractivity contribution in [2.24, 2.45) is 16.8 Å². The van der Waals surface area contributed by atoms with Crippen LogP contribution in [-0.2, 0) is 6.54 Å². The first-order valence-electron chi connectivity index (χ1n) is 22.6. The molecule has 3 atom stereocenters. The van der Waals surface area contributed by atoms with Crippen LogP contribution in [0.2, 0.25) is 0 Å². The number of nitrogens with one attached hydrogen (secondary N) is 4. The van der Waals surface area contributed by atoms with E-state index in [1.165, 1.54) is 23.9 Å². The Hall–Kier alpha value is -5.75. The highest BCUT2D eigenvalue weighted by Crippen LogP contribution is 2.38. The van der Waals surface area contributed by atoms with Crippen LogP contribution in [0.1, 0.15) is 85.9 Å². The number of likely N-dealkylation sites (N-methyl/N-ethyl adjacent to an activating group) is 1. The molecule has 7 rings (SSSR count). The summed E-state index contributed by atoms with van der Waals surface area (Å²) in [5.74, 6) is -0.132. The maximum atomic E-state index is 15.6. The van der Waals surface area contributed by atoms with Gasteiger partial charge in [0.05, 0.1) is 22.8 Å². The summed E-state index contributed by atoms with van der Waals surface area (Å²) in [4.78, 5) is 19.3. The van der Waals surface area contributed by atoms with Crippen molar-refractivity contribution in [2.45, 2.75) is 71.3 Å². The van der Waals surface area contributed by atoms with E-state index in [0.717, 1.165) is 129 Å². The minimum Gasteiger partial charge on any atom is -0.391 e. The van der Waals surface area contributed by atoms with Gasteiger partial charge < -0.3 is 36.1 Å². The van der Waals surface area contributed by atoms with Crippen LogP contribution < -0.4 is 25.8 Å². The molecule has 63 heavy (non-hydrogen) atoms. The number of pyridine rings is 1. The molecule has 334 valence electrons. The van der Waals surface area contributed by atoms with E-state index in [4.69, 9.17) is 15.4 Å². The zero-order valence-corrected chi connectivity index (χ0v) is 37.8. The van der Waals surface area contributed by atoms with Crippen molar-refractivity contribution in [3.05, 3.63) is 132 Å². The molecule has 3 aromatic rings. The van der Waals surface area contributed by atoms with E-state index in [1.807, 2.05) is 26.1 Å². The number of halogens is 2. The van der Waals surface area contributed by atoms with Crippen molar-refractivity contribution in [3.63, 3.8) is 0 Å².